The molecular formula is C23H28N2O3S. The number of Topliss-reactive ketones (excluding diaryl/α,β-unsaturated/α-hetero) is 1. The summed E-state index contributed by atoms with van der Waals surface area (Å²) in [6.07, 6.45) is 4.34. The zero-order valence-corrected chi connectivity index (χ0v) is 18.5. The second kappa shape index (κ2) is 8.99. The topological polar surface area (TPSA) is 59.0 Å². The average Bonchev–Trinajstić information content (AvgIpc) is 3.00. The van der Waals surface area contributed by atoms with E-state index in [9.17, 15) is 9.59 Å². The van der Waals surface area contributed by atoms with E-state index in [0.29, 0.717) is 12.8 Å². The highest BCUT2D eigenvalue weighted by atomic mass is 32.2. The van der Waals surface area contributed by atoms with Crippen molar-refractivity contribution in [2.75, 3.05) is 19.1 Å². The Morgan fingerprint density at radius 2 is 2.10 bits per heavy atom. The third-order valence-corrected chi connectivity index (χ3v) is 6.96. The van der Waals surface area contributed by atoms with Crippen LogP contribution in [0.25, 0.3) is 0 Å². The van der Waals surface area contributed by atoms with Gasteiger partial charge in [0.05, 0.1) is 24.2 Å². The first-order valence-corrected chi connectivity index (χ1v) is 10.7. The van der Waals surface area contributed by atoms with Gasteiger partial charge in [0.2, 0.25) is 0 Å². The van der Waals surface area contributed by atoms with Crippen molar-refractivity contribution in [1.82, 2.24) is 0 Å². The smallest absolute Gasteiger partial charge is 0.330 e. The summed E-state index contributed by atoms with van der Waals surface area (Å²) >= 11 is 1.81. The van der Waals surface area contributed by atoms with Crippen LogP contribution in [0, 0.1) is 5.92 Å². The highest BCUT2D eigenvalue weighted by Crippen LogP contribution is 2.45. The van der Waals surface area contributed by atoms with Crippen LogP contribution >= 0.6 is 11.8 Å². The number of aliphatic imine (C=N–C) groups is 1. The van der Waals surface area contributed by atoms with Gasteiger partial charge in [-0.3, -0.25) is 9.79 Å². The van der Waals surface area contributed by atoms with Crippen molar-refractivity contribution in [2.45, 2.75) is 49.9 Å². The first-order valence-electron chi connectivity index (χ1n) is 9.82. The third-order valence-electron chi connectivity index (χ3n) is 5.61. The van der Waals surface area contributed by atoms with Gasteiger partial charge < -0.3 is 9.64 Å². The number of ether oxygens (including phenoxy) is 1. The number of methoxy groups -OCH3 is 1. The number of rotatable bonds is 5. The van der Waals surface area contributed by atoms with E-state index >= 15 is 0 Å². The lowest BCUT2D eigenvalue weighted by molar-refractivity contribution is -0.134. The highest BCUT2D eigenvalue weighted by molar-refractivity contribution is 8.00. The molecule has 0 N–H and O–H groups in total. The summed E-state index contributed by atoms with van der Waals surface area (Å²) in [4.78, 5) is 32.5. The molecule has 1 aliphatic heterocycles. The van der Waals surface area contributed by atoms with E-state index in [1.165, 1.54) is 23.8 Å². The van der Waals surface area contributed by atoms with Crippen LogP contribution in [-0.2, 0) is 14.3 Å². The summed E-state index contributed by atoms with van der Waals surface area (Å²) in [6.45, 7) is 5.91. The number of esters is 1. The molecule has 0 aromatic heterocycles. The molecule has 0 amide bonds. The number of thioether (sulfide) groups is 1. The number of nitrogens with zero attached hydrogens (tertiary/aromatic N) is 2. The van der Waals surface area contributed by atoms with Gasteiger partial charge in [0, 0.05) is 37.1 Å². The monoisotopic (exact) mass is 412 g/mol. The van der Waals surface area contributed by atoms with E-state index in [-0.39, 0.29) is 23.1 Å². The lowest BCUT2D eigenvalue weighted by Gasteiger charge is -2.31. The second-order valence-electron chi connectivity index (χ2n) is 7.76. The molecule has 0 saturated heterocycles. The zero-order valence-electron chi connectivity index (χ0n) is 17.6. The largest absolute Gasteiger partial charge is 0.466 e. The van der Waals surface area contributed by atoms with E-state index in [2.05, 4.69) is 41.8 Å². The van der Waals surface area contributed by atoms with Crippen LogP contribution in [0.3, 0.4) is 0 Å². The normalized spacial score (nSPS) is 25.0. The number of para-hydroxylation sites is 1. The van der Waals surface area contributed by atoms with Gasteiger partial charge in [0.1, 0.15) is 0 Å². The maximum atomic E-state index is 12.8. The van der Waals surface area contributed by atoms with Crippen molar-refractivity contribution in [1.29, 1.82) is 0 Å². The maximum Gasteiger partial charge on any atom is 0.330 e. The number of benzene rings is 1. The maximum absolute atomic E-state index is 12.8. The van der Waals surface area contributed by atoms with Crippen molar-refractivity contribution in [3.05, 3.63) is 47.1 Å². The fourth-order valence-corrected chi connectivity index (χ4v) is 5.25. The Morgan fingerprint density at radius 3 is 2.79 bits per heavy atom. The van der Waals surface area contributed by atoms with Crippen LogP contribution < -0.4 is 4.90 Å². The lowest BCUT2D eigenvalue weighted by Crippen LogP contribution is -2.32. The molecule has 1 heterocycles. The first-order chi connectivity index (χ1) is 13.8. The van der Waals surface area contributed by atoms with Crippen molar-refractivity contribution < 1.29 is 14.3 Å². The van der Waals surface area contributed by atoms with Crippen molar-refractivity contribution in [3.63, 3.8) is 0 Å². The van der Waals surface area contributed by atoms with Gasteiger partial charge in [-0.1, -0.05) is 30.8 Å². The van der Waals surface area contributed by atoms with Crippen molar-refractivity contribution >= 4 is 35.4 Å². The van der Waals surface area contributed by atoms with E-state index in [1.807, 2.05) is 31.7 Å². The van der Waals surface area contributed by atoms with Crippen LogP contribution in [-0.4, -0.2) is 43.5 Å². The molecule has 29 heavy (non-hydrogen) atoms. The molecule has 3 atom stereocenters. The fourth-order valence-electron chi connectivity index (χ4n) is 3.95. The molecule has 2 aliphatic rings. The minimum atomic E-state index is -0.394. The second-order valence-corrected chi connectivity index (χ2v) is 8.98. The molecule has 154 valence electrons. The lowest BCUT2D eigenvalue weighted by atomic mass is 9.79. The summed E-state index contributed by atoms with van der Waals surface area (Å²) in [5.41, 5.74) is 3.89. The molecule has 1 aliphatic carbocycles. The predicted octanol–water partition coefficient (Wildman–Crippen LogP) is 4.43. The molecule has 0 fully saturated rings. The molecule has 3 unspecified atom stereocenters. The quantitative estimate of drug-likeness (QED) is 0.407. The number of hydrogen-bond donors (Lipinski definition) is 0. The number of carbonyl (C=O) groups is 2. The molecule has 0 radical (unpaired) electrons. The van der Waals surface area contributed by atoms with E-state index in [0.717, 1.165) is 16.7 Å². The van der Waals surface area contributed by atoms with Gasteiger partial charge in [0.25, 0.3) is 0 Å². The highest BCUT2D eigenvalue weighted by Gasteiger charge is 2.35. The SMILES string of the molecule is COC(=O)/C=C(/C)C=NC1C(C)=C(CC2Sc3ccccc3N2C)C(=O)CC1C. The molecular weight excluding hydrogens is 384 g/mol. The number of carbonyl (C=O) groups excluding carboxylic acids is 2. The number of fused-ring (bicyclic) bond motifs is 1. The van der Waals surface area contributed by atoms with Gasteiger partial charge in [-0.2, -0.15) is 0 Å². The predicted molar refractivity (Wildman–Crippen MR) is 119 cm³/mol. The third kappa shape index (κ3) is 4.64. The molecule has 1 aromatic rings. The van der Waals surface area contributed by atoms with E-state index < -0.39 is 5.97 Å². The number of ketones is 1. The molecule has 0 spiro atoms. The van der Waals surface area contributed by atoms with Crippen molar-refractivity contribution in [2.24, 2.45) is 10.9 Å². The Bertz CT molecular complexity index is 903. The molecule has 3 rings (SSSR count). The summed E-state index contributed by atoms with van der Waals surface area (Å²) < 4.78 is 4.66. The Hall–Kier alpha value is -2.34. The average molecular weight is 413 g/mol. The summed E-state index contributed by atoms with van der Waals surface area (Å²) in [5.74, 6) is -0.0255. The van der Waals surface area contributed by atoms with Gasteiger partial charge in [-0.05, 0) is 48.6 Å². The van der Waals surface area contributed by atoms with Gasteiger partial charge in [-0.15, -0.1) is 0 Å². The molecule has 6 heteroatoms. The van der Waals surface area contributed by atoms with Crippen LogP contribution in [0.2, 0.25) is 0 Å². The Labute approximate surface area is 176 Å². The van der Waals surface area contributed by atoms with Crippen LogP contribution in [0.15, 0.2) is 56.9 Å². The van der Waals surface area contributed by atoms with Gasteiger partial charge >= 0.3 is 5.97 Å². The van der Waals surface area contributed by atoms with Crippen LogP contribution in [0.4, 0.5) is 5.69 Å². The molecule has 0 saturated carbocycles. The number of hydrogen-bond acceptors (Lipinski definition) is 6. The van der Waals surface area contributed by atoms with E-state index in [4.69, 9.17) is 4.99 Å². The van der Waals surface area contributed by atoms with Crippen LogP contribution in [0.5, 0.6) is 0 Å². The number of anilines is 1. The van der Waals surface area contributed by atoms with E-state index in [1.54, 1.807) is 6.21 Å². The minimum absolute atomic E-state index is 0.0530. The van der Waals surface area contributed by atoms with Gasteiger partial charge in [-0.25, -0.2) is 4.79 Å². The summed E-state index contributed by atoms with van der Waals surface area (Å²) in [6, 6.07) is 8.30. The Morgan fingerprint density at radius 1 is 1.38 bits per heavy atom. The standard InChI is InChI=1S/C23H28N2O3S/c1-14(10-22(27)28-5)13-24-23-15(2)11-19(26)17(16(23)3)12-21-25(4)18-8-6-7-9-20(18)29-21/h6-10,13,15,21,23H,11-12H2,1-5H3/b14-10-,24-13?. The fraction of sp³-hybridized carbons (Fsp3) is 0.435. The van der Waals surface area contributed by atoms with Gasteiger partial charge in [0.15, 0.2) is 5.78 Å². The minimum Gasteiger partial charge on any atom is -0.466 e. The summed E-state index contributed by atoms with van der Waals surface area (Å²) in [7, 11) is 3.44. The van der Waals surface area contributed by atoms with Crippen molar-refractivity contribution in [3.8, 4) is 0 Å². The van der Waals surface area contributed by atoms with Crippen LogP contribution in [0.1, 0.15) is 33.6 Å². The first kappa shape index (κ1) is 21.4. The zero-order chi connectivity index (χ0) is 21.1. The Balaban J connectivity index is 1.81. The molecule has 5 nitrogen and oxygen atoms in total. The molecule has 1 aromatic carbocycles. The number of allylic oxidation sites excluding steroid dienone is 1. The molecule has 0 bridgehead atoms. The Kier molecular flexibility index (Phi) is 6.63. The summed E-state index contributed by atoms with van der Waals surface area (Å²) in [5, 5.41) is 0.209.